The van der Waals surface area contributed by atoms with Gasteiger partial charge in [0.1, 0.15) is 0 Å². The van der Waals surface area contributed by atoms with E-state index < -0.39 is 0 Å². The molecule has 1 nitrogen and oxygen atoms in total. The molecule has 1 saturated heterocycles. The summed E-state index contributed by atoms with van der Waals surface area (Å²) in [5.41, 5.74) is 0. The van der Waals surface area contributed by atoms with Crippen LogP contribution in [0.4, 0.5) is 0 Å². The molecule has 0 radical (unpaired) electrons. The number of nitrogens with zero attached hydrogens (tertiary/aromatic N) is 1. The van der Waals surface area contributed by atoms with Crippen LogP contribution in [-0.4, -0.2) is 24.0 Å². The highest BCUT2D eigenvalue weighted by Gasteiger charge is 2.46. The lowest BCUT2D eigenvalue weighted by atomic mass is 9.93. The first-order chi connectivity index (χ1) is 5.20. The smallest absolute Gasteiger partial charge is 0.0127 e. The predicted octanol–water partition coefficient (Wildman–Crippen LogP) is 2.13. The van der Waals surface area contributed by atoms with Gasteiger partial charge in [0.05, 0.1) is 0 Å². The highest BCUT2D eigenvalue weighted by Crippen LogP contribution is 2.45. The molecule has 1 heteroatoms. The minimum absolute atomic E-state index is 0.849. The molecule has 1 aliphatic heterocycles. The molecular weight excluding hydrogens is 134 g/mol. The van der Waals surface area contributed by atoms with Crippen molar-refractivity contribution in [2.24, 2.45) is 11.8 Å². The molecule has 2 fully saturated rings. The molecule has 0 spiro atoms. The van der Waals surface area contributed by atoms with Gasteiger partial charge in [0.15, 0.2) is 0 Å². The van der Waals surface area contributed by atoms with Gasteiger partial charge < -0.3 is 0 Å². The Kier molecular flexibility index (Phi) is 1.71. The summed E-state index contributed by atoms with van der Waals surface area (Å²) < 4.78 is 0. The minimum atomic E-state index is 0.849. The van der Waals surface area contributed by atoms with E-state index in [1.54, 1.807) is 0 Å². The number of hydrogen-bond acceptors (Lipinski definition) is 1. The van der Waals surface area contributed by atoms with Crippen molar-refractivity contribution in [2.45, 2.75) is 45.2 Å². The fourth-order valence-corrected chi connectivity index (χ4v) is 2.68. The van der Waals surface area contributed by atoms with E-state index in [2.05, 4.69) is 25.8 Å². The zero-order valence-electron chi connectivity index (χ0n) is 7.88. The zero-order valence-corrected chi connectivity index (χ0v) is 7.88. The lowest BCUT2D eigenvalue weighted by Crippen LogP contribution is -2.40. The van der Waals surface area contributed by atoms with Gasteiger partial charge in [-0.2, -0.15) is 0 Å². The average molecular weight is 153 g/mol. The van der Waals surface area contributed by atoms with Crippen molar-refractivity contribution in [1.29, 1.82) is 0 Å². The Balaban J connectivity index is 1.99. The number of fused-ring (bicyclic) bond motifs is 1. The fraction of sp³-hybridized carbons (Fsp3) is 1.00. The second kappa shape index (κ2) is 2.48. The summed E-state index contributed by atoms with van der Waals surface area (Å²) in [5, 5.41) is 0. The third-order valence-electron chi connectivity index (χ3n) is 3.53. The summed E-state index contributed by atoms with van der Waals surface area (Å²) in [6.45, 7) is 4.70. The molecule has 0 bridgehead atoms. The lowest BCUT2D eigenvalue weighted by molar-refractivity contribution is 0.134. The first-order valence-corrected chi connectivity index (χ1v) is 4.92. The van der Waals surface area contributed by atoms with Gasteiger partial charge in [0, 0.05) is 12.1 Å². The molecule has 0 aromatic heterocycles. The second-order valence-corrected chi connectivity index (χ2v) is 4.62. The zero-order chi connectivity index (χ0) is 8.01. The van der Waals surface area contributed by atoms with E-state index >= 15 is 0 Å². The fourth-order valence-electron chi connectivity index (χ4n) is 2.68. The van der Waals surface area contributed by atoms with Crippen molar-refractivity contribution in [3.8, 4) is 0 Å². The van der Waals surface area contributed by atoms with Crippen LogP contribution in [0.3, 0.4) is 0 Å². The quantitative estimate of drug-likeness (QED) is 0.558. The predicted molar refractivity (Wildman–Crippen MR) is 47.5 cm³/mol. The van der Waals surface area contributed by atoms with Crippen LogP contribution in [0.2, 0.25) is 0 Å². The molecule has 1 saturated carbocycles. The highest BCUT2D eigenvalue weighted by molar-refractivity contribution is 5.00. The van der Waals surface area contributed by atoms with Crippen molar-refractivity contribution in [3.63, 3.8) is 0 Å². The maximum atomic E-state index is 2.62. The third-order valence-corrected chi connectivity index (χ3v) is 3.53. The van der Waals surface area contributed by atoms with E-state index in [9.17, 15) is 0 Å². The number of hydrogen-bond donors (Lipinski definition) is 0. The van der Waals surface area contributed by atoms with Crippen LogP contribution in [0, 0.1) is 11.8 Å². The van der Waals surface area contributed by atoms with Crippen LogP contribution in [-0.2, 0) is 0 Å². The van der Waals surface area contributed by atoms with Crippen LogP contribution in [0.15, 0.2) is 0 Å². The van der Waals surface area contributed by atoms with Gasteiger partial charge in [0.2, 0.25) is 0 Å². The Morgan fingerprint density at radius 2 is 2.00 bits per heavy atom. The normalized spacial score (nSPS) is 44.2. The summed E-state index contributed by atoms with van der Waals surface area (Å²) in [7, 11) is 2.31. The number of rotatable bonds is 1. The molecule has 1 heterocycles. The summed E-state index contributed by atoms with van der Waals surface area (Å²) in [4.78, 5) is 2.62. The molecule has 0 N–H and O–H groups in total. The van der Waals surface area contributed by atoms with Gasteiger partial charge in [-0.3, -0.25) is 4.90 Å². The molecule has 1 aliphatic carbocycles. The Morgan fingerprint density at radius 3 is 2.64 bits per heavy atom. The topological polar surface area (TPSA) is 3.24 Å². The van der Waals surface area contributed by atoms with E-state index in [-0.39, 0.29) is 0 Å². The monoisotopic (exact) mass is 153 g/mol. The molecule has 11 heavy (non-hydrogen) atoms. The molecular formula is C10H19N. The van der Waals surface area contributed by atoms with Crippen molar-refractivity contribution in [2.75, 3.05) is 7.05 Å². The molecule has 2 aliphatic rings. The second-order valence-electron chi connectivity index (χ2n) is 4.62. The molecule has 2 rings (SSSR count). The van der Waals surface area contributed by atoms with Crippen LogP contribution in [0.25, 0.3) is 0 Å². The largest absolute Gasteiger partial charge is 0.300 e. The molecule has 0 aromatic rings. The first kappa shape index (κ1) is 7.60. The van der Waals surface area contributed by atoms with Crippen molar-refractivity contribution >= 4 is 0 Å². The maximum absolute atomic E-state index is 2.62. The molecule has 0 aromatic carbocycles. The Hall–Kier alpha value is -0.0400. The molecule has 64 valence electrons. The standard InChI is InChI=1S/C10H19N/c1-7(2)9-5-4-8-6-10(8)11(9)3/h7-10H,4-6H2,1-3H3. The van der Waals surface area contributed by atoms with Gasteiger partial charge in [0.25, 0.3) is 0 Å². The summed E-state index contributed by atoms with van der Waals surface area (Å²) in [6, 6.07) is 1.84. The van der Waals surface area contributed by atoms with Crippen LogP contribution < -0.4 is 0 Å². The van der Waals surface area contributed by atoms with Crippen molar-refractivity contribution < 1.29 is 0 Å². The summed E-state index contributed by atoms with van der Waals surface area (Å²) >= 11 is 0. The SMILES string of the molecule is CC(C)C1CCC2CC2N1C. The van der Waals surface area contributed by atoms with Crippen LogP contribution >= 0.6 is 0 Å². The Labute approximate surface area is 69.8 Å². The van der Waals surface area contributed by atoms with Gasteiger partial charge in [-0.15, -0.1) is 0 Å². The number of piperidine rings is 1. The van der Waals surface area contributed by atoms with Gasteiger partial charge in [-0.25, -0.2) is 0 Å². The molecule has 3 unspecified atom stereocenters. The van der Waals surface area contributed by atoms with E-state index in [0.717, 1.165) is 23.9 Å². The molecule has 0 amide bonds. The van der Waals surface area contributed by atoms with E-state index in [1.165, 1.54) is 19.3 Å². The summed E-state index contributed by atoms with van der Waals surface area (Å²) in [5.74, 6) is 1.93. The van der Waals surface area contributed by atoms with Crippen LogP contribution in [0.1, 0.15) is 33.1 Å². The van der Waals surface area contributed by atoms with E-state index in [1.807, 2.05) is 0 Å². The average Bonchev–Trinajstić information content (AvgIpc) is 2.66. The van der Waals surface area contributed by atoms with Gasteiger partial charge in [-0.1, -0.05) is 13.8 Å². The number of likely N-dealkylation sites (tertiary alicyclic amines) is 1. The molecule has 3 atom stereocenters. The van der Waals surface area contributed by atoms with Gasteiger partial charge >= 0.3 is 0 Å². The van der Waals surface area contributed by atoms with E-state index in [4.69, 9.17) is 0 Å². The Morgan fingerprint density at radius 1 is 1.27 bits per heavy atom. The highest BCUT2D eigenvalue weighted by atomic mass is 15.2. The maximum Gasteiger partial charge on any atom is 0.0127 e. The lowest BCUT2D eigenvalue weighted by Gasteiger charge is -2.35. The summed E-state index contributed by atoms with van der Waals surface area (Å²) in [6.07, 6.45) is 4.42. The Bertz CT molecular complexity index is 153. The van der Waals surface area contributed by atoms with Crippen LogP contribution in [0.5, 0.6) is 0 Å². The van der Waals surface area contributed by atoms with Crippen molar-refractivity contribution in [3.05, 3.63) is 0 Å². The minimum Gasteiger partial charge on any atom is -0.300 e. The van der Waals surface area contributed by atoms with Gasteiger partial charge in [-0.05, 0) is 38.1 Å². The van der Waals surface area contributed by atoms with Crippen molar-refractivity contribution in [1.82, 2.24) is 4.90 Å². The van der Waals surface area contributed by atoms with E-state index in [0.29, 0.717) is 0 Å². The third kappa shape index (κ3) is 1.20. The first-order valence-electron chi connectivity index (χ1n) is 4.92.